The van der Waals surface area contributed by atoms with E-state index in [1.54, 1.807) is 0 Å². The zero-order valence-corrected chi connectivity index (χ0v) is 11.0. The molecule has 0 heterocycles. The molecule has 0 aliphatic carbocycles. The maximum atomic E-state index is 12.1. The van der Waals surface area contributed by atoms with Crippen LogP contribution in [0.25, 0.3) is 0 Å². The predicted octanol–water partition coefficient (Wildman–Crippen LogP) is 3.22. The molecule has 2 heteroatoms. The van der Waals surface area contributed by atoms with Gasteiger partial charge in [0.1, 0.15) is 0 Å². The Morgan fingerprint density at radius 1 is 0.778 bits per heavy atom. The van der Waals surface area contributed by atoms with E-state index in [9.17, 15) is 4.21 Å². The van der Waals surface area contributed by atoms with Crippen molar-refractivity contribution in [3.05, 3.63) is 71.8 Å². The summed E-state index contributed by atoms with van der Waals surface area (Å²) >= 11 is 0. The molecule has 0 fully saturated rings. The largest absolute Gasteiger partial charge is 0.260 e. The lowest BCUT2D eigenvalue weighted by molar-refractivity contribution is 0.681. The van der Waals surface area contributed by atoms with Gasteiger partial charge in [0.15, 0.2) is 0 Å². The third-order valence-electron chi connectivity index (χ3n) is 2.61. The minimum absolute atomic E-state index is 0.284. The number of aryl methyl sites for hydroxylation is 2. The van der Waals surface area contributed by atoms with Crippen LogP contribution in [0.5, 0.6) is 0 Å². The van der Waals surface area contributed by atoms with Crippen LogP contribution in [0.4, 0.5) is 0 Å². The SMILES string of the molecule is [2H]C(CS(=O)CC([2H])c1ccccc1)c1ccccc1. The fraction of sp³-hybridized carbons (Fsp3) is 0.250. The molecule has 2 aromatic rings. The summed E-state index contributed by atoms with van der Waals surface area (Å²) in [4.78, 5) is 0. The standard InChI is InChI=1S/C16H18OS/c17-18(13-11-15-7-3-1-4-8-15)14-12-16-9-5-2-6-10-16/h1-10H,11-14H2/i11D,12D. The second-order valence-electron chi connectivity index (χ2n) is 4.00. The van der Waals surface area contributed by atoms with E-state index in [1.165, 1.54) is 0 Å². The fourth-order valence-corrected chi connectivity index (χ4v) is 2.52. The molecule has 0 saturated heterocycles. The Kier molecular flexibility index (Phi) is 4.16. The Bertz CT molecular complexity index is 495. The molecule has 0 bridgehead atoms. The molecule has 2 rings (SSSR count). The van der Waals surface area contributed by atoms with Gasteiger partial charge in [-0.15, -0.1) is 0 Å². The highest BCUT2D eigenvalue weighted by Gasteiger charge is 2.01. The van der Waals surface area contributed by atoms with Crippen LogP contribution in [0.1, 0.15) is 13.9 Å². The van der Waals surface area contributed by atoms with Crippen LogP contribution in [0, 0.1) is 0 Å². The van der Waals surface area contributed by atoms with Gasteiger partial charge in [0.05, 0.1) is 0 Å². The summed E-state index contributed by atoms with van der Waals surface area (Å²) in [5, 5.41) is 0. The van der Waals surface area contributed by atoms with Gasteiger partial charge in [-0.25, -0.2) is 0 Å². The maximum Gasteiger partial charge on any atom is 0.0325 e. The van der Waals surface area contributed by atoms with Crippen molar-refractivity contribution in [2.45, 2.75) is 12.8 Å². The molecule has 1 nitrogen and oxygen atoms in total. The summed E-state index contributed by atoms with van der Waals surface area (Å²) in [6, 6.07) is 18.9. The van der Waals surface area contributed by atoms with Crippen LogP contribution in [0.2, 0.25) is 0 Å². The van der Waals surface area contributed by atoms with Crippen molar-refractivity contribution in [2.24, 2.45) is 0 Å². The smallest absolute Gasteiger partial charge is 0.0325 e. The van der Waals surface area contributed by atoms with Gasteiger partial charge in [0.2, 0.25) is 0 Å². The Balaban J connectivity index is 1.90. The molecule has 0 N–H and O–H groups in total. The molecule has 0 radical (unpaired) electrons. The first-order valence-corrected chi connectivity index (χ1v) is 7.45. The van der Waals surface area contributed by atoms with Crippen LogP contribution in [-0.2, 0) is 23.6 Å². The normalized spacial score (nSPS) is 17.3. The fourth-order valence-electron chi connectivity index (χ4n) is 1.62. The topological polar surface area (TPSA) is 17.1 Å². The molecular formula is C16H18OS. The summed E-state index contributed by atoms with van der Waals surface area (Å²) in [6.45, 7) is 0. The van der Waals surface area contributed by atoms with E-state index < -0.39 is 23.6 Å². The van der Waals surface area contributed by atoms with Crippen molar-refractivity contribution in [3.8, 4) is 0 Å². The highest BCUT2D eigenvalue weighted by Crippen LogP contribution is 2.03. The second-order valence-corrected chi connectivity index (χ2v) is 5.55. The molecule has 94 valence electrons. The van der Waals surface area contributed by atoms with Gasteiger partial charge < -0.3 is 0 Å². The zero-order chi connectivity index (χ0) is 14.4. The average Bonchev–Trinajstić information content (AvgIpc) is 2.49. The van der Waals surface area contributed by atoms with E-state index in [0.29, 0.717) is 0 Å². The second kappa shape index (κ2) is 7.12. The maximum absolute atomic E-state index is 12.1. The Hall–Kier alpha value is -1.41. The Morgan fingerprint density at radius 2 is 1.17 bits per heavy atom. The summed E-state index contributed by atoms with van der Waals surface area (Å²) in [6.07, 6.45) is -0.972. The van der Waals surface area contributed by atoms with Gasteiger partial charge in [-0.3, -0.25) is 4.21 Å². The van der Waals surface area contributed by atoms with E-state index in [4.69, 9.17) is 2.74 Å². The van der Waals surface area contributed by atoms with Crippen LogP contribution in [0.15, 0.2) is 60.7 Å². The van der Waals surface area contributed by atoms with E-state index in [-0.39, 0.29) is 11.5 Å². The lowest BCUT2D eigenvalue weighted by Crippen LogP contribution is -2.07. The minimum atomic E-state index is -1.16. The number of hydrogen-bond acceptors (Lipinski definition) is 1. The molecule has 18 heavy (non-hydrogen) atoms. The van der Waals surface area contributed by atoms with Crippen LogP contribution in [0.3, 0.4) is 0 Å². The van der Waals surface area contributed by atoms with Crippen molar-refractivity contribution in [3.63, 3.8) is 0 Å². The monoisotopic (exact) mass is 260 g/mol. The van der Waals surface area contributed by atoms with Crippen molar-refractivity contribution in [1.29, 1.82) is 0 Å². The summed E-state index contributed by atoms with van der Waals surface area (Å²) in [7, 11) is -1.16. The van der Waals surface area contributed by atoms with Gasteiger partial charge in [0, 0.05) is 25.0 Å². The third kappa shape index (κ3) is 4.46. The number of rotatable bonds is 6. The summed E-state index contributed by atoms with van der Waals surface area (Å²) < 4.78 is 28.2. The summed E-state index contributed by atoms with van der Waals surface area (Å²) in [5.74, 6) is 0.568. The average molecular weight is 260 g/mol. The number of benzene rings is 2. The Morgan fingerprint density at radius 3 is 1.56 bits per heavy atom. The first kappa shape index (κ1) is 10.5. The van der Waals surface area contributed by atoms with Gasteiger partial charge >= 0.3 is 0 Å². The van der Waals surface area contributed by atoms with Gasteiger partial charge in [-0.1, -0.05) is 60.7 Å². The highest BCUT2D eigenvalue weighted by atomic mass is 32.2. The molecule has 0 amide bonds. The van der Waals surface area contributed by atoms with E-state index >= 15 is 0 Å². The molecule has 0 aromatic heterocycles. The van der Waals surface area contributed by atoms with E-state index in [1.807, 2.05) is 60.7 Å². The minimum Gasteiger partial charge on any atom is -0.260 e. The molecule has 2 atom stereocenters. The lowest BCUT2D eigenvalue weighted by atomic mass is 10.2. The Labute approximate surface area is 114 Å². The van der Waals surface area contributed by atoms with Gasteiger partial charge in [-0.05, 0) is 23.9 Å². The highest BCUT2D eigenvalue weighted by molar-refractivity contribution is 7.84. The molecule has 0 aliphatic rings. The third-order valence-corrected chi connectivity index (χ3v) is 3.69. The molecule has 0 saturated carbocycles. The molecular weight excluding hydrogens is 240 g/mol. The van der Waals surface area contributed by atoms with Crippen molar-refractivity contribution < 1.29 is 6.95 Å². The first-order chi connectivity index (χ1) is 9.66. The van der Waals surface area contributed by atoms with Crippen molar-refractivity contribution in [2.75, 3.05) is 11.5 Å². The summed E-state index contributed by atoms with van der Waals surface area (Å²) in [5.41, 5.74) is 1.75. The molecule has 0 aliphatic heterocycles. The van der Waals surface area contributed by atoms with Gasteiger partial charge in [0.25, 0.3) is 0 Å². The van der Waals surface area contributed by atoms with E-state index in [0.717, 1.165) is 11.1 Å². The number of hydrogen-bond donors (Lipinski definition) is 0. The van der Waals surface area contributed by atoms with Crippen molar-refractivity contribution >= 4 is 10.8 Å². The predicted molar refractivity (Wildman–Crippen MR) is 78.2 cm³/mol. The van der Waals surface area contributed by atoms with E-state index in [2.05, 4.69) is 0 Å². The first-order valence-electron chi connectivity index (χ1n) is 7.11. The molecule has 2 aromatic carbocycles. The van der Waals surface area contributed by atoms with Crippen LogP contribution < -0.4 is 0 Å². The van der Waals surface area contributed by atoms with Crippen molar-refractivity contribution in [1.82, 2.24) is 0 Å². The zero-order valence-electron chi connectivity index (χ0n) is 12.2. The lowest BCUT2D eigenvalue weighted by Gasteiger charge is -2.03. The molecule has 0 spiro atoms. The molecule has 2 unspecified atom stereocenters. The quantitative estimate of drug-likeness (QED) is 0.779. The van der Waals surface area contributed by atoms with Gasteiger partial charge in [-0.2, -0.15) is 0 Å². The van der Waals surface area contributed by atoms with Crippen LogP contribution in [-0.4, -0.2) is 15.7 Å². The van der Waals surface area contributed by atoms with Crippen LogP contribution >= 0.6 is 0 Å².